The van der Waals surface area contributed by atoms with E-state index in [1.165, 1.54) is 24.8 Å². The SMILES string of the molecule is CCCCCn1c(CCCN)nc2cc(OCC)ccc21. The molecular weight excluding hydrogens is 262 g/mol. The van der Waals surface area contributed by atoms with Crippen LogP contribution in [0.5, 0.6) is 5.75 Å². The van der Waals surface area contributed by atoms with Gasteiger partial charge >= 0.3 is 0 Å². The van der Waals surface area contributed by atoms with Crippen LogP contribution in [-0.2, 0) is 13.0 Å². The molecule has 2 rings (SSSR count). The van der Waals surface area contributed by atoms with Crippen molar-refractivity contribution in [3.8, 4) is 5.75 Å². The number of nitrogens with two attached hydrogens (primary N) is 1. The Bertz CT molecular complexity index is 562. The lowest BCUT2D eigenvalue weighted by Crippen LogP contribution is -2.07. The van der Waals surface area contributed by atoms with E-state index in [9.17, 15) is 0 Å². The van der Waals surface area contributed by atoms with Crippen molar-refractivity contribution in [2.75, 3.05) is 13.2 Å². The predicted octanol–water partition coefficient (Wildman–Crippen LogP) is 3.52. The number of aromatic nitrogens is 2. The summed E-state index contributed by atoms with van der Waals surface area (Å²) in [5.41, 5.74) is 7.89. The molecule has 0 spiro atoms. The number of imidazole rings is 1. The predicted molar refractivity (Wildman–Crippen MR) is 87.8 cm³/mol. The minimum atomic E-state index is 0.683. The first kappa shape index (κ1) is 15.8. The third-order valence-electron chi connectivity index (χ3n) is 3.70. The number of unbranched alkanes of at least 4 members (excludes halogenated alkanes) is 2. The first-order chi connectivity index (χ1) is 10.3. The summed E-state index contributed by atoms with van der Waals surface area (Å²) in [7, 11) is 0. The summed E-state index contributed by atoms with van der Waals surface area (Å²) in [5, 5.41) is 0. The fourth-order valence-electron chi connectivity index (χ4n) is 2.64. The number of nitrogens with zero attached hydrogens (tertiary/aromatic N) is 2. The Morgan fingerprint density at radius 1 is 1.19 bits per heavy atom. The van der Waals surface area contributed by atoms with Crippen LogP contribution in [0, 0.1) is 0 Å². The van der Waals surface area contributed by atoms with Crippen molar-refractivity contribution in [1.82, 2.24) is 9.55 Å². The number of hydrogen-bond donors (Lipinski definition) is 1. The number of rotatable bonds is 9. The normalized spacial score (nSPS) is 11.2. The molecule has 0 saturated heterocycles. The zero-order valence-corrected chi connectivity index (χ0v) is 13.3. The molecule has 1 aromatic carbocycles. The summed E-state index contributed by atoms with van der Waals surface area (Å²) < 4.78 is 7.93. The lowest BCUT2D eigenvalue weighted by atomic mass is 10.2. The molecule has 4 nitrogen and oxygen atoms in total. The first-order valence-electron chi connectivity index (χ1n) is 8.12. The van der Waals surface area contributed by atoms with E-state index in [0.29, 0.717) is 13.2 Å². The van der Waals surface area contributed by atoms with Crippen molar-refractivity contribution >= 4 is 11.0 Å². The van der Waals surface area contributed by atoms with Crippen molar-refractivity contribution < 1.29 is 4.74 Å². The molecule has 0 aliphatic heterocycles. The summed E-state index contributed by atoms with van der Waals surface area (Å²) in [6, 6.07) is 6.21. The fourth-order valence-corrected chi connectivity index (χ4v) is 2.64. The van der Waals surface area contributed by atoms with Gasteiger partial charge in [-0.2, -0.15) is 0 Å². The third kappa shape index (κ3) is 3.97. The van der Waals surface area contributed by atoms with Gasteiger partial charge in [-0.25, -0.2) is 4.98 Å². The number of fused-ring (bicyclic) bond motifs is 1. The molecule has 0 atom stereocenters. The summed E-state index contributed by atoms with van der Waals surface area (Å²) in [5.74, 6) is 2.05. The van der Waals surface area contributed by atoms with Crippen LogP contribution >= 0.6 is 0 Å². The van der Waals surface area contributed by atoms with Crippen LogP contribution in [0.2, 0.25) is 0 Å². The first-order valence-corrected chi connectivity index (χ1v) is 8.12. The van der Waals surface area contributed by atoms with Gasteiger partial charge in [0.25, 0.3) is 0 Å². The molecular formula is C17H27N3O. The second-order valence-electron chi connectivity index (χ2n) is 5.36. The van der Waals surface area contributed by atoms with Crippen molar-refractivity contribution in [2.45, 2.75) is 52.5 Å². The van der Waals surface area contributed by atoms with Gasteiger partial charge in [0.2, 0.25) is 0 Å². The molecule has 0 aliphatic carbocycles. The van der Waals surface area contributed by atoms with Gasteiger partial charge in [0.1, 0.15) is 11.6 Å². The molecule has 0 bridgehead atoms. The number of aryl methyl sites for hydroxylation is 2. The van der Waals surface area contributed by atoms with Crippen molar-refractivity contribution in [3.63, 3.8) is 0 Å². The largest absolute Gasteiger partial charge is 0.494 e. The molecule has 2 N–H and O–H groups in total. The van der Waals surface area contributed by atoms with Crippen molar-refractivity contribution in [2.24, 2.45) is 5.73 Å². The van der Waals surface area contributed by atoms with Crippen molar-refractivity contribution in [1.29, 1.82) is 0 Å². The Morgan fingerprint density at radius 2 is 2.05 bits per heavy atom. The van der Waals surface area contributed by atoms with E-state index in [-0.39, 0.29) is 0 Å². The van der Waals surface area contributed by atoms with E-state index in [1.807, 2.05) is 19.1 Å². The molecule has 0 radical (unpaired) electrons. The van der Waals surface area contributed by atoms with Crippen LogP contribution in [0.3, 0.4) is 0 Å². The number of benzene rings is 1. The van der Waals surface area contributed by atoms with Gasteiger partial charge in [-0.3, -0.25) is 0 Å². The van der Waals surface area contributed by atoms with E-state index in [2.05, 4.69) is 17.6 Å². The lowest BCUT2D eigenvalue weighted by Gasteiger charge is -2.09. The lowest BCUT2D eigenvalue weighted by molar-refractivity contribution is 0.340. The summed E-state index contributed by atoms with van der Waals surface area (Å²) in [4.78, 5) is 4.80. The molecule has 0 unspecified atom stereocenters. The molecule has 1 aromatic heterocycles. The number of ether oxygens (including phenoxy) is 1. The van der Waals surface area contributed by atoms with Gasteiger partial charge in [-0.1, -0.05) is 19.8 Å². The Morgan fingerprint density at radius 3 is 2.76 bits per heavy atom. The van der Waals surface area contributed by atoms with Gasteiger partial charge in [0.15, 0.2) is 0 Å². The molecule has 0 saturated carbocycles. The Labute approximate surface area is 127 Å². The van der Waals surface area contributed by atoms with Crippen LogP contribution in [0.25, 0.3) is 11.0 Å². The maximum Gasteiger partial charge on any atom is 0.121 e. The number of hydrogen-bond acceptors (Lipinski definition) is 3. The molecule has 1 heterocycles. The topological polar surface area (TPSA) is 53.1 Å². The highest BCUT2D eigenvalue weighted by molar-refractivity contribution is 5.77. The summed E-state index contributed by atoms with van der Waals surface area (Å²) in [6.45, 7) is 6.67. The minimum absolute atomic E-state index is 0.683. The highest BCUT2D eigenvalue weighted by Gasteiger charge is 2.11. The molecule has 4 heteroatoms. The van der Waals surface area contributed by atoms with Gasteiger partial charge in [-0.15, -0.1) is 0 Å². The van der Waals surface area contributed by atoms with E-state index in [1.54, 1.807) is 0 Å². The van der Waals surface area contributed by atoms with Crippen molar-refractivity contribution in [3.05, 3.63) is 24.0 Å². The van der Waals surface area contributed by atoms with Gasteiger partial charge in [-0.05, 0) is 38.4 Å². The highest BCUT2D eigenvalue weighted by Crippen LogP contribution is 2.23. The molecule has 21 heavy (non-hydrogen) atoms. The fraction of sp³-hybridized carbons (Fsp3) is 0.588. The maximum atomic E-state index is 5.65. The monoisotopic (exact) mass is 289 g/mol. The van der Waals surface area contributed by atoms with E-state index in [4.69, 9.17) is 15.5 Å². The average molecular weight is 289 g/mol. The molecule has 116 valence electrons. The highest BCUT2D eigenvalue weighted by atomic mass is 16.5. The molecule has 0 amide bonds. The van der Waals surface area contributed by atoms with E-state index in [0.717, 1.165) is 36.5 Å². The van der Waals surface area contributed by atoms with Gasteiger partial charge < -0.3 is 15.0 Å². The van der Waals surface area contributed by atoms with E-state index < -0.39 is 0 Å². The third-order valence-corrected chi connectivity index (χ3v) is 3.70. The maximum absolute atomic E-state index is 5.65. The molecule has 2 aromatic rings. The zero-order valence-electron chi connectivity index (χ0n) is 13.3. The smallest absolute Gasteiger partial charge is 0.121 e. The van der Waals surface area contributed by atoms with Crippen LogP contribution in [-0.4, -0.2) is 22.7 Å². The quantitative estimate of drug-likeness (QED) is 0.719. The molecule has 0 aliphatic rings. The Hall–Kier alpha value is -1.55. The summed E-state index contributed by atoms with van der Waals surface area (Å²) >= 11 is 0. The van der Waals surface area contributed by atoms with Gasteiger partial charge in [0, 0.05) is 19.0 Å². The Balaban J connectivity index is 2.30. The summed E-state index contributed by atoms with van der Waals surface area (Å²) in [6.07, 6.45) is 5.62. The van der Waals surface area contributed by atoms with Crippen LogP contribution in [0.1, 0.15) is 45.4 Å². The second-order valence-corrected chi connectivity index (χ2v) is 5.36. The molecule has 0 fully saturated rings. The van der Waals surface area contributed by atoms with E-state index >= 15 is 0 Å². The van der Waals surface area contributed by atoms with Crippen LogP contribution < -0.4 is 10.5 Å². The standard InChI is InChI=1S/C17H27N3O/c1-3-5-6-12-20-16-10-9-14(21-4-2)13-15(16)19-17(20)8-7-11-18/h9-10,13H,3-8,11-12,18H2,1-2H3. The average Bonchev–Trinajstić information content (AvgIpc) is 2.83. The van der Waals surface area contributed by atoms with Crippen LogP contribution in [0.15, 0.2) is 18.2 Å². The Kier molecular flexibility index (Phi) is 6.05. The zero-order chi connectivity index (χ0) is 15.1. The second kappa shape index (κ2) is 8.03. The minimum Gasteiger partial charge on any atom is -0.494 e. The van der Waals surface area contributed by atoms with Gasteiger partial charge in [0.05, 0.1) is 17.6 Å². The van der Waals surface area contributed by atoms with Crippen LogP contribution in [0.4, 0.5) is 0 Å².